The predicted molar refractivity (Wildman–Crippen MR) is 54.1 cm³/mol. The van der Waals surface area contributed by atoms with Gasteiger partial charge in [-0.25, -0.2) is 13.1 Å². The smallest absolute Gasteiger partial charge is 0.211 e. The Morgan fingerprint density at radius 1 is 1.57 bits per heavy atom. The molecule has 80 valence electrons. The summed E-state index contributed by atoms with van der Waals surface area (Å²) < 4.78 is 25.2. The van der Waals surface area contributed by atoms with E-state index in [0.29, 0.717) is 13.0 Å². The van der Waals surface area contributed by atoms with E-state index in [1.165, 1.54) is 0 Å². The van der Waals surface area contributed by atoms with Crippen molar-refractivity contribution in [2.75, 3.05) is 5.75 Å². The van der Waals surface area contributed by atoms with Gasteiger partial charge in [-0.3, -0.25) is 5.10 Å². The van der Waals surface area contributed by atoms with Gasteiger partial charge in [-0.2, -0.15) is 5.10 Å². The van der Waals surface area contributed by atoms with Crippen molar-refractivity contribution >= 4 is 10.0 Å². The maximum absolute atomic E-state index is 11.3. The van der Waals surface area contributed by atoms with Crippen molar-refractivity contribution in [2.24, 2.45) is 0 Å². The number of hydrogen-bond acceptors (Lipinski definition) is 3. The van der Waals surface area contributed by atoms with Crippen LogP contribution in [0.3, 0.4) is 0 Å². The summed E-state index contributed by atoms with van der Waals surface area (Å²) in [6.07, 6.45) is 4.85. The molecule has 0 aromatic carbocycles. The van der Waals surface area contributed by atoms with Crippen LogP contribution in [0, 0.1) is 0 Å². The van der Waals surface area contributed by atoms with Crippen LogP contribution in [0.4, 0.5) is 0 Å². The highest BCUT2D eigenvalue weighted by atomic mass is 32.2. The molecule has 6 heteroatoms. The van der Waals surface area contributed by atoms with E-state index in [1.54, 1.807) is 12.4 Å². The topological polar surface area (TPSA) is 74.8 Å². The number of rotatable bonds is 6. The van der Waals surface area contributed by atoms with Gasteiger partial charge in [0.25, 0.3) is 0 Å². The van der Waals surface area contributed by atoms with E-state index in [0.717, 1.165) is 12.0 Å². The molecule has 0 atom stereocenters. The molecule has 0 amide bonds. The molecule has 0 spiro atoms. The van der Waals surface area contributed by atoms with Crippen LogP contribution in [0.15, 0.2) is 12.4 Å². The van der Waals surface area contributed by atoms with Gasteiger partial charge in [-0.05, 0) is 6.42 Å². The fraction of sp³-hybridized carbons (Fsp3) is 0.625. The first-order valence-corrected chi connectivity index (χ1v) is 6.24. The molecule has 14 heavy (non-hydrogen) atoms. The van der Waals surface area contributed by atoms with Crippen molar-refractivity contribution < 1.29 is 8.42 Å². The molecule has 0 aliphatic carbocycles. The van der Waals surface area contributed by atoms with Gasteiger partial charge < -0.3 is 0 Å². The lowest BCUT2D eigenvalue weighted by molar-refractivity contribution is 0.578. The summed E-state index contributed by atoms with van der Waals surface area (Å²) in [5.74, 6) is 0.196. The second-order valence-electron chi connectivity index (χ2n) is 3.10. The number of unbranched alkanes of at least 4 members (excludes halogenated alkanes) is 1. The van der Waals surface area contributed by atoms with E-state index >= 15 is 0 Å². The van der Waals surface area contributed by atoms with Gasteiger partial charge in [0, 0.05) is 18.3 Å². The zero-order valence-electron chi connectivity index (χ0n) is 8.16. The van der Waals surface area contributed by atoms with Gasteiger partial charge in [-0.15, -0.1) is 0 Å². The van der Waals surface area contributed by atoms with E-state index < -0.39 is 10.0 Å². The molecule has 5 nitrogen and oxygen atoms in total. The van der Waals surface area contributed by atoms with Crippen molar-refractivity contribution in [1.29, 1.82) is 0 Å². The molecular weight excluding hydrogens is 202 g/mol. The van der Waals surface area contributed by atoms with Crippen LogP contribution in [-0.2, 0) is 16.6 Å². The quantitative estimate of drug-likeness (QED) is 0.734. The number of H-pyrrole nitrogens is 1. The van der Waals surface area contributed by atoms with Crippen LogP contribution in [-0.4, -0.2) is 24.4 Å². The van der Waals surface area contributed by atoms with Crippen LogP contribution in [0.1, 0.15) is 25.3 Å². The minimum Gasteiger partial charge on any atom is -0.285 e. The lowest BCUT2D eigenvalue weighted by Gasteiger charge is -2.03. The van der Waals surface area contributed by atoms with Crippen molar-refractivity contribution in [1.82, 2.24) is 14.9 Å². The minimum atomic E-state index is -3.11. The average molecular weight is 217 g/mol. The minimum absolute atomic E-state index is 0.196. The van der Waals surface area contributed by atoms with Gasteiger partial charge in [0.15, 0.2) is 0 Å². The Hall–Kier alpha value is -0.880. The molecule has 1 heterocycles. The van der Waals surface area contributed by atoms with Crippen LogP contribution < -0.4 is 4.72 Å². The maximum Gasteiger partial charge on any atom is 0.211 e. The van der Waals surface area contributed by atoms with Gasteiger partial charge in [0.05, 0.1) is 11.9 Å². The van der Waals surface area contributed by atoms with Crippen molar-refractivity contribution in [3.63, 3.8) is 0 Å². The third-order valence-corrected chi connectivity index (χ3v) is 3.23. The Labute approximate surface area is 84.0 Å². The molecule has 0 fully saturated rings. The summed E-state index contributed by atoms with van der Waals surface area (Å²) in [4.78, 5) is 0. The van der Waals surface area contributed by atoms with Gasteiger partial charge >= 0.3 is 0 Å². The standard InChI is InChI=1S/C8H15N3O2S/c1-2-3-4-14(12,13)11-7-8-5-9-10-6-8/h5-6,11H,2-4,7H2,1H3,(H,9,10). The summed E-state index contributed by atoms with van der Waals surface area (Å²) in [7, 11) is -3.11. The summed E-state index contributed by atoms with van der Waals surface area (Å²) in [6, 6.07) is 0. The Balaban J connectivity index is 2.37. The Kier molecular flexibility index (Phi) is 4.09. The third-order valence-electron chi connectivity index (χ3n) is 1.82. The molecule has 0 saturated heterocycles. The maximum atomic E-state index is 11.3. The van der Waals surface area contributed by atoms with Crippen molar-refractivity contribution in [3.8, 4) is 0 Å². The first-order chi connectivity index (χ1) is 6.64. The van der Waals surface area contributed by atoms with Crippen LogP contribution in [0.5, 0.6) is 0 Å². The fourth-order valence-corrected chi connectivity index (χ4v) is 2.17. The number of aromatic amines is 1. The highest BCUT2D eigenvalue weighted by Gasteiger charge is 2.08. The summed E-state index contributed by atoms with van der Waals surface area (Å²) in [6.45, 7) is 2.27. The fourth-order valence-electron chi connectivity index (χ4n) is 0.974. The van der Waals surface area contributed by atoms with E-state index in [4.69, 9.17) is 0 Å². The summed E-state index contributed by atoms with van der Waals surface area (Å²) >= 11 is 0. The van der Waals surface area contributed by atoms with E-state index in [-0.39, 0.29) is 5.75 Å². The van der Waals surface area contributed by atoms with E-state index in [1.807, 2.05) is 6.92 Å². The number of aromatic nitrogens is 2. The lowest BCUT2D eigenvalue weighted by Crippen LogP contribution is -2.25. The predicted octanol–water partition coefficient (Wildman–Crippen LogP) is 0.629. The summed E-state index contributed by atoms with van der Waals surface area (Å²) in [5, 5.41) is 6.35. The molecule has 0 aliphatic heterocycles. The molecule has 2 N–H and O–H groups in total. The van der Waals surface area contributed by atoms with Crippen LogP contribution in [0.25, 0.3) is 0 Å². The number of nitrogens with one attached hydrogen (secondary N) is 2. The zero-order chi connectivity index (χ0) is 10.4. The molecule has 0 saturated carbocycles. The lowest BCUT2D eigenvalue weighted by atomic mass is 10.4. The molecule has 0 unspecified atom stereocenters. The average Bonchev–Trinajstić information content (AvgIpc) is 2.64. The van der Waals surface area contributed by atoms with Crippen LogP contribution >= 0.6 is 0 Å². The monoisotopic (exact) mass is 217 g/mol. The zero-order valence-corrected chi connectivity index (χ0v) is 8.97. The van der Waals surface area contributed by atoms with E-state index in [9.17, 15) is 8.42 Å². The largest absolute Gasteiger partial charge is 0.285 e. The molecule has 0 bridgehead atoms. The van der Waals surface area contributed by atoms with Gasteiger partial charge in [-0.1, -0.05) is 13.3 Å². The van der Waals surface area contributed by atoms with Crippen molar-refractivity contribution in [3.05, 3.63) is 18.0 Å². The summed E-state index contributed by atoms with van der Waals surface area (Å²) in [5.41, 5.74) is 0.838. The Morgan fingerprint density at radius 3 is 2.93 bits per heavy atom. The van der Waals surface area contributed by atoms with Crippen molar-refractivity contribution in [2.45, 2.75) is 26.3 Å². The SMILES string of the molecule is CCCCS(=O)(=O)NCc1cn[nH]c1. The molecule has 1 rings (SSSR count). The molecule has 1 aromatic heterocycles. The second kappa shape index (κ2) is 5.11. The Bertz CT molecular complexity index is 345. The number of hydrogen-bond donors (Lipinski definition) is 2. The van der Waals surface area contributed by atoms with E-state index in [2.05, 4.69) is 14.9 Å². The first kappa shape index (κ1) is 11.2. The highest BCUT2D eigenvalue weighted by Crippen LogP contribution is 1.97. The number of nitrogens with zero attached hydrogens (tertiary/aromatic N) is 1. The molecule has 0 aliphatic rings. The normalized spacial score (nSPS) is 11.8. The van der Waals surface area contributed by atoms with Crippen LogP contribution in [0.2, 0.25) is 0 Å². The molecular formula is C8H15N3O2S. The second-order valence-corrected chi connectivity index (χ2v) is 5.03. The first-order valence-electron chi connectivity index (χ1n) is 4.59. The molecule has 0 radical (unpaired) electrons. The third kappa shape index (κ3) is 3.89. The highest BCUT2D eigenvalue weighted by molar-refractivity contribution is 7.89. The number of sulfonamides is 1. The Morgan fingerprint density at radius 2 is 2.36 bits per heavy atom. The molecule has 1 aromatic rings. The van der Waals surface area contributed by atoms with Gasteiger partial charge in [0.2, 0.25) is 10.0 Å². The van der Waals surface area contributed by atoms with Gasteiger partial charge in [0.1, 0.15) is 0 Å².